The molecular weight excluding hydrogens is 805 g/mol. The van der Waals surface area contributed by atoms with Crippen LogP contribution in [0.1, 0.15) is 115 Å². The van der Waals surface area contributed by atoms with E-state index < -0.39 is 11.0 Å². The lowest BCUT2D eigenvalue weighted by Crippen LogP contribution is -2.49. The third kappa shape index (κ3) is 8.52. The molecule has 64 heavy (non-hydrogen) atoms. The molecule has 4 aromatic carbocycles. The van der Waals surface area contributed by atoms with Crippen LogP contribution in [0.4, 0.5) is 16.2 Å². The number of anilines is 2. The largest absolute Gasteiger partial charge is 0.444 e. The summed E-state index contributed by atoms with van der Waals surface area (Å²) in [6.07, 6.45) is 6.75. The van der Waals surface area contributed by atoms with Gasteiger partial charge in [0.25, 0.3) is 11.8 Å². The van der Waals surface area contributed by atoms with Crippen LogP contribution < -0.4 is 21.3 Å². The number of hydrogen-bond acceptors (Lipinski definition) is 7. The lowest BCUT2D eigenvalue weighted by atomic mass is 9.73. The van der Waals surface area contributed by atoms with Crippen molar-refractivity contribution in [3.8, 4) is 22.3 Å². The maximum atomic E-state index is 13.2. The molecule has 2 saturated carbocycles. The van der Waals surface area contributed by atoms with Crippen LogP contribution in [-0.2, 0) is 25.2 Å². The van der Waals surface area contributed by atoms with E-state index in [4.69, 9.17) is 4.74 Å². The first-order valence-electron chi connectivity index (χ1n) is 22.9. The molecule has 5 amide bonds. The molecule has 4 heterocycles. The van der Waals surface area contributed by atoms with Crippen LogP contribution in [0.5, 0.6) is 0 Å². The number of piperidine rings is 2. The van der Waals surface area contributed by atoms with Gasteiger partial charge in [-0.3, -0.25) is 19.2 Å². The van der Waals surface area contributed by atoms with Gasteiger partial charge in [-0.1, -0.05) is 36.4 Å². The van der Waals surface area contributed by atoms with E-state index >= 15 is 0 Å². The monoisotopic (exact) mass is 864 g/mol. The molecule has 4 aliphatic heterocycles. The summed E-state index contributed by atoms with van der Waals surface area (Å²) >= 11 is 0. The SMILES string of the molecule is Cc1ccc(C(=O)NC2CC2)cc1-c1ccc2c(c1)NC(=O)C21CCN(C(=O)OC(C)(C)C)CC1.Cc1ccc(C(=O)NC2CC2)cc1-c1ccc2c(c1)NC(=O)C21CCN(C)CC1. The van der Waals surface area contributed by atoms with Crippen LogP contribution in [0.2, 0.25) is 0 Å². The van der Waals surface area contributed by atoms with Crippen LogP contribution in [0.15, 0.2) is 72.8 Å². The summed E-state index contributed by atoms with van der Waals surface area (Å²) in [7, 11) is 2.11. The topological polar surface area (TPSA) is 149 Å². The fraction of sp³-hybridized carbons (Fsp3) is 0.442. The zero-order valence-electron chi connectivity index (χ0n) is 37.9. The average Bonchev–Trinajstić information content (AvgIpc) is 4.21. The molecular formula is C52H60N6O6. The first kappa shape index (κ1) is 43.3. The first-order valence-corrected chi connectivity index (χ1v) is 22.9. The quantitative estimate of drug-likeness (QED) is 0.153. The van der Waals surface area contributed by atoms with Crippen LogP contribution in [-0.4, -0.2) is 90.4 Å². The van der Waals surface area contributed by atoms with Gasteiger partial charge in [-0.15, -0.1) is 0 Å². The number of likely N-dealkylation sites (tertiary alicyclic amines) is 2. The minimum absolute atomic E-state index is 0.00603. The molecule has 0 unspecified atom stereocenters. The Hall–Kier alpha value is -6.01. The molecule has 2 aliphatic carbocycles. The van der Waals surface area contributed by atoms with E-state index in [1.807, 2.05) is 82.3 Å². The van der Waals surface area contributed by atoms with Gasteiger partial charge in [0.1, 0.15) is 5.60 Å². The fourth-order valence-corrected chi connectivity index (χ4v) is 9.73. The Morgan fingerprint density at radius 1 is 0.625 bits per heavy atom. The highest BCUT2D eigenvalue weighted by atomic mass is 16.6. The minimum atomic E-state index is -0.632. The lowest BCUT2D eigenvalue weighted by Gasteiger charge is -2.38. The minimum Gasteiger partial charge on any atom is -0.444 e. The van der Waals surface area contributed by atoms with Crippen molar-refractivity contribution in [3.63, 3.8) is 0 Å². The highest BCUT2D eigenvalue weighted by Crippen LogP contribution is 2.48. The second kappa shape index (κ2) is 16.5. The molecule has 0 atom stereocenters. The van der Waals surface area contributed by atoms with Gasteiger partial charge in [0.15, 0.2) is 0 Å². The zero-order valence-corrected chi connectivity index (χ0v) is 37.9. The average molecular weight is 865 g/mol. The van der Waals surface area contributed by atoms with Crippen molar-refractivity contribution in [1.29, 1.82) is 0 Å². The summed E-state index contributed by atoms with van der Waals surface area (Å²) in [5.41, 5.74) is 9.80. The van der Waals surface area contributed by atoms with Crippen molar-refractivity contribution < 1.29 is 28.7 Å². The summed E-state index contributed by atoms with van der Waals surface area (Å²) in [6, 6.07) is 24.6. The number of aryl methyl sites for hydroxylation is 2. The highest BCUT2D eigenvalue weighted by Gasteiger charge is 2.50. The molecule has 12 heteroatoms. The molecule has 2 saturated heterocycles. The number of nitrogens with zero attached hydrogens (tertiary/aromatic N) is 2. The Bertz CT molecular complexity index is 2550. The maximum absolute atomic E-state index is 13.2. The first-order chi connectivity index (χ1) is 30.5. The summed E-state index contributed by atoms with van der Waals surface area (Å²) in [5.74, 6) is 0.0715. The molecule has 12 nitrogen and oxygen atoms in total. The van der Waals surface area contributed by atoms with E-state index in [0.29, 0.717) is 49.1 Å². The second-order valence-corrected chi connectivity index (χ2v) is 19.9. The fourth-order valence-electron chi connectivity index (χ4n) is 9.73. The Kier molecular flexibility index (Phi) is 11.2. The number of fused-ring (bicyclic) bond motifs is 4. The number of carbonyl (C=O) groups excluding carboxylic acids is 5. The van der Waals surface area contributed by atoms with E-state index in [1.165, 1.54) is 0 Å². The van der Waals surface area contributed by atoms with Gasteiger partial charge in [0.05, 0.1) is 10.8 Å². The number of carbonyl (C=O) groups is 5. The number of rotatable bonds is 6. The molecule has 2 spiro atoms. The van der Waals surface area contributed by atoms with E-state index in [-0.39, 0.29) is 35.1 Å². The second-order valence-electron chi connectivity index (χ2n) is 19.9. The predicted octanol–water partition coefficient (Wildman–Crippen LogP) is 8.24. The van der Waals surface area contributed by atoms with E-state index in [2.05, 4.69) is 58.3 Å². The van der Waals surface area contributed by atoms with E-state index in [1.54, 1.807) is 4.90 Å². The van der Waals surface area contributed by atoms with Gasteiger partial charge < -0.3 is 35.8 Å². The van der Waals surface area contributed by atoms with Crippen LogP contribution in [0.3, 0.4) is 0 Å². The standard InChI is InChI=1S/C28H33N3O4.C24H27N3O2/c1-17-5-6-19(24(32)29-20-8-9-20)15-21(17)18-7-10-22-23(16-18)30-25(33)28(22)11-13-31(14-12-28)26(34)35-27(2,3)4;1-15-3-4-17(22(28)25-18-6-7-18)13-19(15)16-5-8-20-21(14-16)26-23(29)24(20)9-11-27(2)12-10-24/h5-7,10,15-16,20H,8-9,11-14H2,1-4H3,(H,29,32)(H,30,33);3-5,8,13-14,18H,6-7,9-12H2,1-2H3,(H,25,28)(H,26,29). The Morgan fingerprint density at radius 3 is 1.45 bits per heavy atom. The summed E-state index contributed by atoms with van der Waals surface area (Å²) in [6.45, 7) is 12.5. The number of benzene rings is 4. The van der Waals surface area contributed by atoms with Crippen LogP contribution in [0, 0.1) is 13.8 Å². The smallest absolute Gasteiger partial charge is 0.410 e. The van der Waals surface area contributed by atoms with Gasteiger partial charge in [-0.05, 0) is 187 Å². The van der Waals surface area contributed by atoms with Gasteiger partial charge in [-0.25, -0.2) is 4.79 Å². The van der Waals surface area contributed by atoms with Crippen molar-refractivity contribution in [2.75, 3.05) is 43.9 Å². The Labute approximate surface area is 375 Å². The van der Waals surface area contributed by atoms with Crippen molar-refractivity contribution >= 4 is 41.1 Å². The van der Waals surface area contributed by atoms with Crippen LogP contribution in [0.25, 0.3) is 22.3 Å². The maximum Gasteiger partial charge on any atom is 0.410 e. The summed E-state index contributed by atoms with van der Waals surface area (Å²) in [4.78, 5) is 67.6. The van der Waals surface area contributed by atoms with Crippen molar-refractivity contribution in [2.45, 2.75) is 114 Å². The number of ether oxygens (including phenoxy) is 1. The van der Waals surface area contributed by atoms with E-state index in [9.17, 15) is 24.0 Å². The molecule has 0 radical (unpaired) electrons. The predicted molar refractivity (Wildman–Crippen MR) is 249 cm³/mol. The summed E-state index contributed by atoms with van der Waals surface area (Å²) in [5, 5.41) is 12.3. The van der Waals surface area contributed by atoms with Crippen LogP contribution >= 0.6 is 0 Å². The third-order valence-electron chi connectivity index (χ3n) is 14.0. The molecule has 6 aliphatic rings. The van der Waals surface area contributed by atoms with E-state index in [0.717, 1.165) is 107 Å². The zero-order chi connectivity index (χ0) is 45.1. The highest BCUT2D eigenvalue weighted by molar-refractivity contribution is 6.08. The van der Waals surface area contributed by atoms with Crippen molar-refractivity contribution in [2.24, 2.45) is 0 Å². The van der Waals surface area contributed by atoms with Gasteiger partial charge in [-0.2, -0.15) is 0 Å². The molecule has 4 fully saturated rings. The third-order valence-corrected chi connectivity index (χ3v) is 14.0. The molecule has 4 aromatic rings. The lowest BCUT2D eigenvalue weighted by molar-refractivity contribution is -0.123. The Balaban J connectivity index is 0.000000165. The van der Waals surface area contributed by atoms with Gasteiger partial charge >= 0.3 is 6.09 Å². The molecule has 0 aromatic heterocycles. The van der Waals surface area contributed by atoms with Crippen molar-refractivity contribution in [3.05, 3.63) is 106 Å². The van der Waals surface area contributed by atoms with Gasteiger partial charge in [0.2, 0.25) is 11.8 Å². The van der Waals surface area contributed by atoms with Crippen molar-refractivity contribution in [1.82, 2.24) is 20.4 Å². The van der Waals surface area contributed by atoms with Gasteiger partial charge in [0, 0.05) is 47.7 Å². The normalized spacial score (nSPS) is 19.5. The number of nitrogens with one attached hydrogen (secondary N) is 4. The molecule has 0 bridgehead atoms. The Morgan fingerprint density at radius 2 is 1.05 bits per heavy atom. The summed E-state index contributed by atoms with van der Waals surface area (Å²) < 4.78 is 5.51. The molecule has 10 rings (SSSR count). The molecule has 334 valence electrons. The number of amides is 5. The number of hydrogen-bond donors (Lipinski definition) is 4. The molecule has 4 N–H and O–H groups in total.